The van der Waals surface area contributed by atoms with Crippen molar-refractivity contribution in [3.05, 3.63) is 64.7 Å². The van der Waals surface area contributed by atoms with Gasteiger partial charge < -0.3 is 14.7 Å². The van der Waals surface area contributed by atoms with E-state index in [9.17, 15) is 4.79 Å². The van der Waals surface area contributed by atoms with E-state index in [1.807, 2.05) is 60.1 Å². The number of carbonyl (C=O) groups excluding carboxylic acids is 1. The lowest BCUT2D eigenvalue weighted by atomic mass is 10.2. The minimum absolute atomic E-state index is 0.142. The van der Waals surface area contributed by atoms with Gasteiger partial charge in [0, 0.05) is 5.69 Å². The van der Waals surface area contributed by atoms with E-state index in [0.29, 0.717) is 23.0 Å². The van der Waals surface area contributed by atoms with E-state index in [1.54, 1.807) is 22.7 Å². The van der Waals surface area contributed by atoms with Gasteiger partial charge in [0.25, 0.3) is 0 Å². The second-order valence-electron chi connectivity index (χ2n) is 6.52. The summed E-state index contributed by atoms with van der Waals surface area (Å²) in [5.41, 5.74) is 3.10. The zero-order chi connectivity index (χ0) is 19.8. The lowest BCUT2D eigenvalue weighted by molar-refractivity contribution is -0.115. The average Bonchev–Trinajstić information content (AvgIpc) is 3.49. The minimum atomic E-state index is -0.142. The second-order valence-corrected chi connectivity index (χ2v) is 8.41. The van der Waals surface area contributed by atoms with Gasteiger partial charge in [-0.3, -0.25) is 4.79 Å². The number of nitrogens with zero attached hydrogens (tertiary/aromatic N) is 2. The third kappa shape index (κ3) is 3.59. The molecule has 0 aliphatic carbocycles. The van der Waals surface area contributed by atoms with Crippen LogP contribution in [-0.2, 0) is 11.2 Å². The molecular formula is C21H16N4O2S2. The lowest BCUT2D eigenvalue weighted by Gasteiger charge is -2.04. The summed E-state index contributed by atoms with van der Waals surface area (Å²) in [4.78, 5) is 27.0. The van der Waals surface area contributed by atoms with Crippen LogP contribution in [0.15, 0.2) is 57.6 Å². The van der Waals surface area contributed by atoms with Crippen LogP contribution in [0.4, 0.5) is 5.69 Å². The van der Waals surface area contributed by atoms with Crippen molar-refractivity contribution >= 4 is 45.3 Å². The number of fused-ring (bicyclic) bond motifs is 1. The number of aromatic nitrogens is 3. The maximum Gasteiger partial charge on any atom is 0.236 e. The van der Waals surface area contributed by atoms with Gasteiger partial charge in [-0.2, -0.15) is 0 Å². The topological polar surface area (TPSA) is 83.8 Å². The summed E-state index contributed by atoms with van der Waals surface area (Å²) in [6.45, 7) is 1.83. The molecule has 0 bridgehead atoms. The van der Waals surface area contributed by atoms with Crippen LogP contribution < -0.4 is 5.32 Å². The van der Waals surface area contributed by atoms with Crippen LogP contribution in [-0.4, -0.2) is 20.9 Å². The number of H-pyrrole nitrogens is 1. The Morgan fingerprint density at radius 1 is 1.10 bits per heavy atom. The van der Waals surface area contributed by atoms with Gasteiger partial charge in [0.15, 0.2) is 0 Å². The second kappa shape index (κ2) is 7.31. The number of oxazole rings is 1. The van der Waals surface area contributed by atoms with Gasteiger partial charge in [-0.05, 0) is 48.0 Å². The van der Waals surface area contributed by atoms with Crippen LogP contribution in [0.3, 0.4) is 0 Å². The van der Waals surface area contributed by atoms with E-state index in [4.69, 9.17) is 4.42 Å². The minimum Gasteiger partial charge on any atom is -0.440 e. The van der Waals surface area contributed by atoms with E-state index in [0.717, 1.165) is 26.6 Å². The molecule has 1 aromatic carbocycles. The summed E-state index contributed by atoms with van der Waals surface area (Å²) in [6.07, 6.45) is 0.155. The summed E-state index contributed by atoms with van der Waals surface area (Å²) in [5.74, 6) is 1.91. The van der Waals surface area contributed by atoms with Crippen molar-refractivity contribution in [1.82, 2.24) is 15.0 Å². The van der Waals surface area contributed by atoms with Crippen molar-refractivity contribution in [3.8, 4) is 21.5 Å². The fourth-order valence-corrected chi connectivity index (χ4v) is 4.39. The lowest BCUT2D eigenvalue weighted by Crippen LogP contribution is -2.15. The number of anilines is 1. The molecule has 0 aliphatic rings. The molecule has 0 fully saturated rings. The Morgan fingerprint density at radius 3 is 2.66 bits per heavy atom. The molecule has 0 saturated carbocycles. The van der Waals surface area contributed by atoms with Gasteiger partial charge in [-0.15, -0.1) is 22.7 Å². The molecular weight excluding hydrogens is 404 g/mol. The number of benzene rings is 1. The largest absolute Gasteiger partial charge is 0.440 e. The number of thiophene rings is 2. The normalized spacial score (nSPS) is 11.2. The zero-order valence-corrected chi connectivity index (χ0v) is 17.1. The number of imidazole rings is 1. The highest BCUT2D eigenvalue weighted by molar-refractivity contribution is 7.13. The molecule has 6 nitrogen and oxygen atoms in total. The van der Waals surface area contributed by atoms with Crippen LogP contribution in [0.5, 0.6) is 0 Å². The van der Waals surface area contributed by atoms with Crippen molar-refractivity contribution in [3.63, 3.8) is 0 Å². The Balaban J connectivity index is 1.32. The van der Waals surface area contributed by atoms with E-state index < -0.39 is 0 Å². The Bertz CT molecular complexity index is 1280. The van der Waals surface area contributed by atoms with Crippen molar-refractivity contribution in [2.45, 2.75) is 13.3 Å². The summed E-state index contributed by atoms with van der Waals surface area (Å²) in [7, 11) is 0. The molecule has 0 unspecified atom stereocenters. The van der Waals surface area contributed by atoms with Gasteiger partial charge >= 0.3 is 0 Å². The Kier molecular flexibility index (Phi) is 4.49. The van der Waals surface area contributed by atoms with E-state index in [1.165, 1.54) is 0 Å². The van der Waals surface area contributed by atoms with E-state index in [2.05, 4.69) is 20.3 Å². The molecule has 8 heteroatoms. The van der Waals surface area contributed by atoms with Crippen LogP contribution >= 0.6 is 22.7 Å². The van der Waals surface area contributed by atoms with Crippen LogP contribution in [0.2, 0.25) is 0 Å². The quantitative estimate of drug-likeness (QED) is 0.393. The SMILES string of the molecule is Cc1oc(-c2cccs2)nc1CC(=O)Nc1ccc2nc(-c3cccs3)[nH]c2c1. The van der Waals surface area contributed by atoms with Crippen LogP contribution in [0.1, 0.15) is 11.5 Å². The summed E-state index contributed by atoms with van der Waals surface area (Å²) in [6, 6.07) is 13.6. The smallest absolute Gasteiger partial charge is 0.236 e. The first-order valence-electron chi connectivity index (χ1n) is 8.99. The van der Waals surface area contributed by atoms with Crippen molar-refractivity contribution in [2.24, 2.45) is 0 Å². The number of aromatic amines is 1. The number of aryl methyl sites for hydroxylation is 1. The first-order chi connectivity index (χ1) is 14.2. The van der Waals surface area contributed by atoms with Crippen LogP contribution in [0, 0.1) is 6.92 Å². The third-order valence-electron chi connectivity index (χ3n) is 4.47. The number of amides is 1. The molecule has 0 spiro atoms. The number of nitrogens with one attached hydrogen (secondary N) is 2. The summed E-state index contributed by atoms with van der Waals surface area (Å²) >= 11 is 3.19. The number of hydrogen-bond donors (Lipinski definition) is 2. The standard InChI is InChI=1S/C21H16N4O2S2/c1-12-15(25-21(27-12)18-5-3-9-29-18)11-19(26)22-13-6-7-14-16(10-13)24-20(23-14)17-4-2-8-28-17/h2-10H,11H2,1H3,(H,22,26)(H,23,24). The van der Waals surface area contributed by atoms with Gasteiger partial charge in [0.1, 0.15) is 11.6 Å². The zero-order valence-electron chi connectivity index (χ0n) is 15.4. The molecule has 1 amide bonds. The summed E-state index contributed by atoms with van der Waals surface area (Å²) in [5, 5.41) is 6.92. The molecule has 2 N–H and O–H groups in total. The first kappa shape index (κ1) is 17.8. The van der Waals surface area contributed by atoms with Crippen LogP contribution in [0.25, 0.3) is 32.5 Å². The number of rotatable bonds is 5. The molecule has 0 saturated heterocycles. The Hall–Kier alpha value is -3.23. The fourth-order valence-electron chi connectivity index (χ4n) is 3.07. The van der Waals surface area contributed by atoms with Crippen molar-refractivity contribution < 1.29 is 9.21 Å². The van der Waals surface area contributed by atoms with Gasteiger partial charge in [0.2, 0.25) is 11.8 Å². The van der Waals surface area contributed by atoms with Gasteiger partial charge in [-0.25, -0.2) is 9.97 Å². The Labute approximate surface area is 174 Å². The molecule has 0 atom stereocenters. The molecule has 0 radical (unpaired) electrons. The highest BCUT2D eigenvalue weighted by Gasteiger charge is 2.16. The van der Waals surface area contributed by atoms with E-state index in [-0.39, 0.29) is 12.3 Å². The molecule has 0 aliphatic heterocycles. The molecule has 5 rings (SSSR count). The van der Waals surface area contributed by atoms with Gasteiger partial charge in [-0.1, -0.05) is 12.1 Å². The molecule has 4 heterocycles. The van der Waals surface area contributed by atoms with Crippen molar-refractivity contribution in [2.75, 3.05) is 5.32 Å². The molecule has 5 aromatic rings. The predicted octanol–water partition coefficient (Wildman–Crippen LogP) is 5.50. The first-order valence-corrected chi connectivity index (χ1v) is 10.8. The maximum absolute atomic E-state index is 12.5. The molecule has 144 valence electrons. The highest BCUT2D eigenvalue weighted by atomic mass is 32.1. The highest BCUT2D eigenvalue weighted by Crippen LogP contribution is 2.27. The number of carbonyl (C=O) groups is 1. The van der Waals surface area contributed by atoms with E-state index >= 15 is 0 Å². The van der Waals surface area contributed by atoms with Gasteiger partial charge in [0.05, 0.1) is 32.9 Å². The average molecular weight is 421 g/mol. The third-order valence-corrected chi connectivity index (χ3v) is 6.21. The maximum atomic E-state index is 12.5. The Morgan fingerprint density at radius 2 is 1.90 bits per heavy atom. The summed E-state index contributed by atoms with van der Waals surface area (Å²) < 4.78 is 5.71. The predicted molar refractivity (Wildman–Crippen MR) is 116 cm³/mol. The number of hydrogen-bond acceptors (Lipinski definition) is 6. The monoisotopic (exact) mass is 420 g/mol. The van der Waals surface area contributed by atoms with Crippen molar-refractivity contribution in [1.29, 1.82) is 0 Å². The molecule has 29 heavy (non-hydrogen) atoms. The molecule has 4 aromatic heterocycles. The fraction of sp³-hybridized carbons (Fsp3) is 0.0952.